The van der Waals surface area contributed by atoms with Crippen LogP contribution in [0.1, 0.15) is 44.7 Å². The highest BCUT2D eigenvalue weighted by atomic mass is 31.2. The first-order valence-electron chi connectivity index (χ1n) is 9.36. The summed E-state index contributed by atoms with van der Waals surface area (Å²) < 4.78 is 22.5. The normalized spacial score (nSPS) is 12.4. The predicted molar refractivity (Wildman–Crippen MR) is 110 cm³/mol. The number of amides is 1. The van der Waals surface area contributed by atoms with Gasteiger partial charge in [0.2, 0.25) is 0 Å². The smallest absolute Gasteiger partial charge is 0.444 e. The molecule has 0 aliphatic heterocycles. The SMILES string of the molecule is CC(C)(C)OC(=O)NCCCC(OP(=O)(O)O)(c1ccccc1)c1ccccc1. The van der Waals surface area contributed by atoms with E-state index < -0.39 is 25.1 Å². The van der Waals surface area contributed by atoms with Crippen molar-refractivity contribution >= 4 is 13.9 Å². The molecule has 0 saturated heterocycles. The fraction of sp³-hybridized carbons (Fsp3) is 0.381. The van der Waals surface area contributed by atoms with E-state index >= 15 is 0 Å². The largest absolute Gasteiger partial charge is 0.470 e. The number of hydrogen-bond acceptors (Lipinski definition) is 4. The number of phosphoric acid groups is 1. The Kier molecular flexibility index (Phi) is 7.60. The zero-order chi connectivity index (χ0) is 21.5. The van der Waals surface area contributed by atoms with E-state index in [9.17, 15) is 19.1 Å². The van der Waals surface area contributed by atoms with Gasteiger partial charge in [0.15, 0.2) is 0 Å². The molecule has 0 aliphatic rings. The first-order valence-corrected chi connectivity index (χ1v) is 10.9. The maximum absolute atomic E-state index is 11.9. The lowest BCUT2D eigenvalue weighted by atomic mass is 9.82. The number of ether oxygens (including phenoxy) is 1. The topological polar surface area (TPSA) is 105 Å². The van der Waals surface area contributed by atoms with Crippen molar-refractivity contribution < 1.29 is 28.4 Å². The fourth-order valence-corrected chi connectivity index (χ4v) is 3.77. The van der Waals surface area contributed by atoms with Gasteiger partial charge in [0.05, 0.1) is 0 Å². The Labute approximate surface area is 171 Å². The molecule has 3 N–H and O–H groups in total. The maximum Gasteiger partial charge on any atom is 0.470 e. The summed E-state index contributed by atoms with van der Waals surface area (Å²) >= 11 is 0. The second-order valence-electron chi connectivity index (χ2n) is 7.67. The van der Waals surface area contributed by atoms with E-state index in [1.54, 1.807) is 69.3 Å². The summed E-state index contributed by atoms with van der Waals surface area (Å²) in [4.78, 5) is 31.2. The molecular formula is C21H28NO6P. The summed E-state index contributed by atoms with van der Waals surface area (Å²) in [6.07, 6.45) is 0.101. The third kappa shape index (κ3) is 7.29. The maximum atomic E-state index is 11.9. The van der Waals surface area contributed by atoms with Crippen LogP contribution < -0.4 is 5.32 Å². The van der Waals surface area contributed by atoms with Gasteiger partial charge in [-0.1, -0.05) is 60.7 Å². The Morgan fingerprint density at radius 3 is 1.86 bits per heavy atom. The molecule has 0 saturated carbocycles. The van der Waals surface area contributed by atoms with E-state index in [1.165, 1.54) is 0 Å². The molecule has 158 valence electrons. The lowest BCUT2D eigenvalue weighted by Gasteiger charge is -2.35. The molecule has 2 rings (SSSR count). The van der Waals surface area contributed by atoms with Gasteiger partial charge >= 0.3 is 13.9 Å². The predicted octanol–water partition coefficient (Wildman–Crippen LogP) is 4.34. The molecule has 2 aromatic carbocycles. The van der Waals surface area contributed by atoms with E-state index in [1.807, 2.05) is 12.1 Å². The molecule has 2 aromatic rings. The van der Waals surface area contributed by atoms with E-state index in [-0.39, 0.29) is 13.0 Å². The minimum atomic E-state index is -4.83. The quantitative estimate of drug-likeness (QED) is 0.432. The molecule has 0 heterocycles. The van der Waals surface area contributed by atoms with Crippen molar-refractivity contribution in [2.45, 2.75) is 44.8 Å². The molecule has 0 atom stereocenters. The summed E-state index contributed by atoms with van der Waals surface area (Å²) in [5, 5.41) is 2.67. The average Bonchev–Trinajstić information content (AvgIpc) is 2.63. The van der Waals surface area contributed by atoms with Crippen LogP contribution in [0.15, 0.2) is 60.7 Å². The van der Waals surface area contributed by atoms with Crippen molar-refractivity contribution in [3.63, 3.8) is 0 Å². The first-order chi connectivity index (χ1) is 13.5. The zero-order valence-corrected chi connectivity index (χ0v) is 17.8. The molecule has 7 nitrogen and oxygen atoms in total. The van der Waals surface area contributed by atoms with Crippen molar-refractivity contribution in [1.82, 2.24) is 5.32 Å². The number of benzene rings is 2. The molecular weight excluding hydrogens is 393 g/mol. The van der Waals surface area contributed by atoms with E-state index in [2.05, 4.69) is 5.32 Å². The summed E-state index contributed by atoms with van der Waals surface area (Å²) in [5.74, 6) is 0. The van der Waals surface area contributed by atoms with Crippen molar-refractivity contribution in [2.75, 3.05) is 6.54 Å². The average molecular weight is 421 g/mol. The van der Waals surface area contributed by atoms with Gasteiger partial charge in [0.25, 0.3) is 0 Å². The van der Waals surface area contributed by atoms with Crippen LogP contribution in [0.4, 0.5) is 4.79 Å². The van der Waals surface area contributed by atoms with Crippen molar-refractivity contribution in [1.29, 1.82) is 0 Å². The van der Waals surface area contributed by atoms with Crippen LogP contribution in [0.25, 0.3) is 0 Å². The second kappa shape index (κ2) is 9.55. The molecule has 29 heavy (non-hydrogen) atoms. The van der Waals surface area contributed by atoms with Gasteiger partial charge in [-0.05, 0) is 44.7 Å². The van der Waals surface area contributed by atoms with Crippen LogP contribution in [0.3, 0.4) is 0 Å². The van der Waals surface area contributed by atoms with Gasteiger partial charge in [-0.15, -0.1) is 0 Å². The van der Waals surface area contributed by atoms with E-state index in [4.69, 9.17) is 9.26 Å². The van der Waals surface area contributed by atoms with Crippen LogP contribution in [0.2, 0.25) is 0 Å². The lowest BCUT2D eigenvalue weighted by Crippen LogP contribution is -2.35. The van der Waals surface area contributed by atoms with Gasteiger partial charge in [0, 0.05) is 6.54 Å². The third-order valence-electron chi connectivity index (χ3n) is 4.13. The molecule has 0 spiro atoms. The summed E-state index contributed by atoms with van der Waals surface area (Å²) in [5.41, 5.74) is -0.735. The minimum Gasteiger partial charge on any atom is -0.444 e. The van der Waals surface area contributed by atoms with Crippen molar-refractivity contribution in [2.24, 2.45) is 0 Å². The highest BCUT2D eigenvalue weighted by molar-refractivity contribution is 7.46. The van der Waals surface area contributed by atoms with Crippen LogP contribution in [-0.4, -0.2) is 28.0 Å². The Hall–Kier alpha value is -2.18. The molecule has 0 aromatic heterocycles. The number of carbonyl (C=O) groups excluding carboxylic acids is 1. The van der Waals surface area contributed by atoms with Crippen molar-refractivity contribution in [3.05, 3.63) is 71.8 Å². The Morgan fingerprint density at radius 2 is 1.45 bits per heavy atom. The zero-order valence-electron chi connectivity index (χ0n) is 16.9. The van der Waals surface area contributed by atoms with Crippen LogP contribution >= 0.6 is 7.82 Å². The van der Waals surface area contributed by atoms with Gasteiger partial charge in [-0.25, -0.2) is 9.36 Å². The fourth-order valence-electron chi connectivity index (χ4n) is 3.07. The summed E-state index contributed by atoms with van der Waals surface area (Å²) in [6.45, 7) is 5.59. The second-order valence-corrected chi connectivity index (χ2v) is 8.84. The highest BCUT2D eigenvalue weighted by Gasteiger charge is 2.41. The highest BCUT2D eigenvalue weighted by Crippen LogP contribution is 2.50. The Bertz CT molecular complexity index is 790. The van der Waals surface area contributed by atoms with Crippen LogP contribution in [-0.2, 0) is 19.4 Å². The third-order valence-corrected chi connectivity index (χ3v) is 4.68. The first kappa shape index (κ1) is 23.1. The van der Waals surface area contributed by atoms with Crippen LogP contribution in [0.5, 0.6) is 0 Å². The molecule has 0 radical (unpaired) electrons. The van der Waals surface area contributed by atoms with Crippen molar-refractivity contribution in [3.8, 4) is 0 Å². The standard InChI is InChI=1S/C21H28NO6P/c1-20(2,3)27-19(23)22-16-10-15-21(28-29(24,25)26,17-11-6-4-7-12-17)18-13-8-5-9-14-18/h4-9,11-14H,10,15-16H2,1-3H3,(H,22,23)(H2,24,25,26). The molecule has 0 unspecified atom stereocenters. The summed E-state index contributed by atoms with van der Waals surface area (Å²) in [6, 6.07) is 17.9. The van der Waals surface area contributed by atoms with Gasteiger partial charge in [0.1, 0.15) is 11.2 Å². The number of carbonyl (C=O) groups is 1. The minimum absolute atomic E-state index is 0.238. The Morgan fingerprint density at radius 1 is 0.966 bits per heavy atom. The Balaban J connectivity index is 2.27. The number of alkyl carbamates (subject to hydrolysis) is 1. The number of rotatable bonds is 8. The number of phosphoric ester groups is 1. The lowest BCUT2D eigenvalue weighted by molar-refractivity contribution is 0.0473. The van der Waals surface area contributed by atoms with E-state index in [0.717, 1.165) is 0 Å². The van der Waals surface area contributed by atoms with Gasteiger partial charge in [-0.3, -0.25) is 4.52 Å². The molecule has 8 heteroatoms. The van der Waals surface area contributed by atoms with Gasteiger partial charge in [-0.2, -0.15) is 0 Å². The summed E-state index contributed by atoms with van der Waals surface area (Å²) in [7, 11) is -4.83. The van der Waals surface area contributed by atoms with Gasteiger partial charge < -0.3 is 19.8 Å². The molecule has 0 aliphatic carbocycles. The molecule has 0 fully saturated rings. The number of hydrogen-bond donors (Lipinski definition) is 3. The van der Waals surface area contributed by atoms with E-state index in [0.29, 0.717) is 17.5 Å². The monoisotopic (exact) mass is 421 g/mol. The number of nitrogens with one attached hydrogen (secondary N) is 1. The molecule has 1 amide bonds. The molecule has 0 bridgehead atoms. The van der Waals surface area contributed by atoms with Crippen LogP contribution in [0, 0.1) is 0 Å².